The standard InChI is InChI=1S/C28H21IN2O/c29-22-11-5-4-9-19(22)26-21-12-13-23-20(10-6-14-30-23)28(21)31-24-15-18(16-25(32)27(24)26)17-7-2-1-3-8-17/h1-14,18,26,31H,15-16H2. The quantitative estimate of drug-likeness (QED) is 0.291. The van der Waals surface area contributed by atoms with Gasteiger partial charge in [-0.05, 0) is 75.9 Å². The van der Waals surface area contributed by atoms with Crippen LogP contribution in [0, 0.1) is 3.57 Å². The average molecular weight is 528 g/mol. The van der Waals surface area contributed by atoms with E-state index in [2.05, 4.69) is 99.6 Å². The second kappa shape index (κ2) is 7.85. The van der Waals surface area contributed by atoms with E-state index in [-0.39, 0.29) is 17.6 Å². The fourth-order valence-corrected chi connectivity index (χ4v) is 5.93. The Morgan fingerprint density at radius 3 is 2.50 bits per heavy atom. The molecule has 0 spiro atoms. The van der Waals surface area contributed by atoms with Crippen LogP contribution < -0.4 is 5.32 Å². The van der Waals surface area contributed by atoms with Crippen molar-refractivity contribution in [3.05, 3.63) is 117 Å². The van der Waals surface area contributed by atoms with E-state index < -0.39 is 0 Å². The van der Waals surface area contributed by atoms with E-state index in [9.17, 15) is 4.79 Å². The number of carbonyl (C=O) groups is 1. The minimum absolute atomic E-state index is 0.0665. The SMILES string of the molecule is O=C1CC(c2ccccc2)CC2=C1C(c1ccccc1I)c1ccc3ncccc3c1N2. The maximum atomic E-state index is 13.7. The van der Waals surface area contributed by atoms with Gasteiger partial charge in [-0.15, -0.1) is 0 Å². The van der Waals surface area contributed by atoms with Crippen LogP contribution >= 0.6 is 22.6 Å². The zero-order valence-corrected chi connectivity index (χ0v) is 19.5. The van der Waals surface area contributed by atoms with Gasteiger partial charge >= 0.3 is 0 Å². The first-order valence-electron chi connectivity index (χ1n) is 10.9. The molecule has 0 fully saturated rings. The summed E-state index contributed by atoms with van der Waals surface area (Å²) < 4.78 is 1.18. The van der Waals surface area contributed by atoms with Gasteiger partial charge in [-0.2, -0.15) is 0 Å². The first-order valence-corrected chi connectivity index (χ1v) is 12.0. The Morgan fingerprint density at radius 2 is 1.66 bits per heavy atom. The summed E-state index contributed by atoms with van der Waals surface area (Å²) in [5, 5.41) is 4.81. The Hall–Kier alpha value is -2.99. The predicted molar refractivity (Wildman–Crippen MR) is 137 cm³/mol. The summed E-state index contributed by atoms with van der Waals surface area (Å²) in [5.74, 6) is 0.373. The number of pyridine rings is 1. The zero-order valence-electron chi connectivity index (χ0n) is 17.4. The highest BCUT2D eigenvalue weighted by Gasteiger charge is 2.39. The van der Waals surface area contributed by atoms with E-state index in [0.717, 1.165) is 39.8 Å². The summed E-state index contributed by atoms with van der Waals surface area (Å²) in [7, 11) is 0. The van der Waals surface area contributed by atoms with E-state index in [0.29, 0.717) is 6.42 Å². The summed E-state index contributed by atoms with van der Waals surface area (Å²) in [6, 6.07) is 27.1. The number of benzene rings is 3. The molecule has 1 aromatic heterocycles. The molecule has 2 aliphatic rings. The second-order valence-electron chi connectivity index (χ2n) is 8.51. The van der Waals surface area contributed by atoms with Crippen molar-refractivity contribution in [3.8, 4) is 0 Å². The van der Waals surface area contributed by atoms with Gasteiger partial charge in [0.05, 0.1) is 11.2 Å². The van der Waals surface area contributed by atoms with Gasteiger partial charge in [-0.1, -0.05) is 54.6 Å². The van der Waals surface area contributed by atoms with Gasteiger partial charge < -0.3 is 5.32 Å². The highest BCUT2D eigenvalue weighted by Crippen LogP contribution is 2.50. The van der Waals surface area contributed by atoms with Crippen molar-refractivity contribution in [1.82, 2.24) is 4.98 Å². The molecule has 4 heteroatoms. The van der Waals surface area contributed by atoms with Crippen molar-refractivity contribution in [1.29, 1.82) is 0 Å². The Morgan fingerprint density at radius 1 is 0.844 bits per heavy atom. The molecule has 0 saturated carbocycles. The Labute approximate surface area is 200 Å². The first-order chi connectivity index (χ1) is 15.7. The Kier molecular flexibility index (Phi) is 4.83. The number of hydrogen-bond acceptors (Lipinski definition) is 3. The van der Waals surface area contributed by atoms with Crippen LogP contribution in [0.15, 0.2) is 96.3 Å². The number of hydrogen-bond donors (Lipinski definition) is 1. The number of Topliss-reactive ketones (excluding diaryl/α,β-unsaturated/α-hetero) is 1. The second-order valence-corrected chi connectivity index (χ2v) is 9.67. The molecule has 1 aliphatic carbocycles. The lowest BCUT2D eigenvalue weighted by Crippen LogP contribution is -2.30. The molecular formula is C28H21IN2O. The van der Waals surface area contributed by atoms with E-state index >= 15 is 0 Å². The van der Waals surface area contributed by atoms with Crippen LogP contribution in [0.4, 0.5) is 5.69 Å². The third-order valence-corrected chi connectivity index (χ3v) is 7.67. The van der Waals surface area contributed by atoms with Gasteiger partial charge in [0.2, 0.25) is 0 Å². The number of halogens is 1. The van der Waals surface area contributed by atoms with Crippen molar-refractivity contribution >= 4 is 45.0 Å². The maximum Gasteiger partial charge on any atom is 0.162 e. The number of nitrogens with zero attached hydrogens (tertiary/aromatic N) is 1. The lowest BCUT2D eigenvalue weighted by molar-refractivity contribution is -0.116. The van der Waals surface area contributed by atoms with Gasteiger partial charge in [0.25, 0.3) is 0 Å². The Bertz CT molecular complexity index is 1390. The molecular weight excluding hydrogens is 507 g/mol. The molecule has 2 heterocycles. The number of fused-ring (bicyclic) bond motifs is 3. The van der Waals surface area contributed by atoms with E-state index in [1.54, 1.807) is 0 Å². The maximum absolute atomic E-state index is 13.7. The molecule has 156 valence electrons. The minimum atomic E-state index is -0.0665. The third-order valence-electron chi connectivity index (χ3n) is 6.69. The summed E-state index contributed by atoms with van der Waals surface area (Å²) in [6.07, 6.45) is 3.21. The predicted octanol–water partition coefficient (Wildman–Crippen LogP) is 6.80. The largest absolute Gasteiger partial charge is 0.358 e. The molecule has 1 aliphatic heterocycles. The third kappa shape index (κ3) is 3.16. The van der Waals surface area contributed by atoms with Gasteiger partial charge in [0.15, 0.2) is 5.78 Å². The van der Waals surface area contributed by atoms with Crippen molar-refractivity contribution < 1.29 is 4.79 Å². The highest BCUT2D eigenvalue weighted by atomic mass is 127. The van der Waals surface area contributed by atoms with Crippen LogP contribution in [0.1, 0.15) is 41.4 Å². The van der Waals surface area contributed by atoms with Crippen molar-refractivity contribution in [3.63, 3.8) is 0 Å². The molecule has 0 bridgehead atoms. The number of nitrogens with one attached hydrogen (secondary N) is 1. The van der Waals surface area contributed by atoms with Crippen LogP contribution in [-0.2, 0) is 4.79 Å². The Balaban J connectivity index is 1.57. The number of ketones is 1. The number of anilines is 1. The fraction of sp³-hybridized carbons (Fsp3) is 0.143. The monoisotopic (exact) mass is 528 g/mol. The van der Waals surface area contributed by atoms with E-state index in [1.807, 2.05) is 18.3 Å². The van der Waals surface area contributed by atoms with Crippen molar-refractivity contribution in [2.24, 2.45) is 0 Å². The summed E-state index contributed by atoms with van der Waals surface area (Å²) in [5.41, 5.74) is 7.61. The summed E-state index contributed by atoms with van der Waals surface area (Å²) in [4.78, 5) is 18.2. The molecule has 6 rings (SSSR count). The topological polar surface area (TPSA) is 42.0 Å². The van der Waals surface area contributed by atoms with Crippen LogP contribution in [-0.4, -0.2) is 10.8 Å². The first kappa shape index (κ1) is 19.7. The molecule has 0 radical (unpaired) electrons. The lowest BCUT2D eigenvalue weighted by Gasteiger charge is -2.37. The molecule has 0 amide bonds. The lowest BCUT2D eigenvalue weighted by atomic mass is 9.71. The number of rotatable bonds is 2. The minimum Gasteiger partial charge on any atom is -0.358 e. The zero-order chi connectivity index (χ0) is 21.7. The highest BCUT2D eigenvalue weighted by molar-refractivity contribution is 14.1. The van der Waals surface area contributed by atoms with E-state index in [1.165, 1.54) is 14.7 Å². The van der Waals surface area contributed by atoms with Crippen LogP contribution in [0.3, 0.4) is 0 Å². The van der Waals surface area contributed by atoms with Crippen LogP contribution in [0.25, 0.3) is 10.9 Å². The normalized spacial score (nSPS) is 20.0. The van der Waals surface area contributed by atoms with Gasteiger partial charge in [-0.25, -0.2) is 0 Å². The molecule has 1 N–H and O–H groups in total. The molecule has 2 unspecified atom stereocenters. The summed E-state index contributed by atoms with van der Waals surface area (Å²) >= 11 is 2.40. The molecule has 32 heavy (non-hydrogen) atoms. The fourth-order valence-electron chi connectivity index (χ4n) is 5.23. The number of aromatic nitrogens is 1. The molecule has 3 aromatic carbocycles. The molecule has 0 saturated heterocycles. The van der Waals surface area contributed by atoms with Gasteiger partial charge in [-0.3, -0.25) is 9.78 Å². The smallest absolute Gasteiger partial charge is 0.162 e. The number of allylic oxidation sites excluding steroid dienone is 2. The van der Waals surface area contributed by atoms with Crippen LogP contribution in [0.2, 0.25) is 0 Å². The van der Waals surface area contributed by atoms with Crippen molar-refractivity contribution in [2.75, 3.05) is 5.32 Å². The van der Waals surface area contributed by atoms with Gasteiger partial charge in [0.1, 0.15) is 0 Å². The van der Waals surface area contributed by atoms with Crippen molar-refractivity contribution in [2.45, 2.75) is 24.7 Å². The van der Waals surface area contributed by atoms with Crippen LogP contribution in [0.5, 0.6) is 0 Å². The molecule has 2 atom stereocenters. The van der Waals surface area contributed by atoms with Gasteiger partial charge in [0, 0.05) is 38.8 Å². The number of carbonyl (C=O) groups excluding carboxylic acids is 1. The molecule has 3 nitrogen and oxygen atoms in total. The molecule has 4 aromatic rings. The average Bonchev–Trinajstić information content (AvgIpc) is 2.83. The summed E-state index contributed by atoms with van der Waals surface area (Å²) in [6.45, 7) is 0. The van der Waals surface area contributed by atoms with E-state index in [4.69, 9.17) is 0 Å².